The number of carbonyl (C=O) groups is 1. The molecule has 0 atom stereocenters. The second-order valence-electron chi connectivity index (χ2n) is 8.48. The summed E-state index contributed by atoms with van der Waals surface area (Å²) in [4.78, 5) is 27.4. The van der Waals surface area contributed by atoms with E-state index < -0.39 is 5.91 Å². The molecule has 0 saturated heterocycles. The van der Waals surface area contributed by atoms with Crippen LogP contribution in [0.15, 0.2) is 54.9 Å². The van der Waals surface area contributed by atoms with E-state index in [-0.39, 0.29) is 5.82 Å². The molecule has 0 aliphatic heterocycles. The van der Waals surface area contributed by atoms with Gasteiger partial charge in [-0.15, -0.1) is 10.2 Å². The van der Waals surface area contributed by atoms with Gasteiger partial charge in [0.05, 0.1) is 0 Å². The Balaban J connectivity index is 1.47. The van der Waals surface area contributed by atoms with Gasteiger partial charge in [-0.25, -0.2) is 15.0 Å². The smallest absolute Gasteiger partial charge is 0.284 e. The number of aryl methyl sites for hydroxylation is 1. The molecule has 3 N–H and O–H groups in total. The lowest BCUT2D eigenvalue weighted by Crippen LogP contribution is -2.25. The van der Waals surface area contributed by atoms with Crippen LogP contribution in [0, 0.1) is 0 Å². The lowest BCUT2D eigenvalue weighted by atomic mass is 9.98. The Labute approximate surface area is 207 Å². The zero-order chi connectivity index (χ0) is 25.1. The van der Waals surface area contributed by atoms with Crippen molar-refractivity contribution in [3.05, 3.63) is 66.2 Å². The number of fused-ring (bicyclic) bond motifs is 1. The molecule has 0 aliphatic carbocycles. The molecule has 5 rings (SSSR count). The van der Waals surface area contributed by atoms with E-state index in [2.05, 4.69) is 71.7 Å². The van der Waals surface area contributed by atoms with E-state index in [1.165, 1.54) is 6.33 Å². The number of imidazole rings is 1. The first-order chi connectivity index (χ1) is 17.6. The van der Waals surface area contributed by atoms with Gasteiger partial charge in [0.25, 0.3) is 5.91 Å². The predicted octanol–water partition coefficient (Wildman–Crippen LogP) is 3.12. The molecule has 3 aromatic heterocycles. The van der Waals surface area contributed by atoms with E-state index in [1.54, 1.807) is 11.6 Å². The van der Waals surface area contributed by atoms with Gasteiger partial charge in [-0.3, -0.25) is 4.79 Å². The number of tetrazole rings is 1. The molecule has 0 saturated carbocycles. The molecule has 0 spiro atoms. The number of anilines is 1. The van der Waals surface area contributed by atoms with Crippen LogP contribution < -0.4 is 10.6 Å². The van der Waals surface area contributed by atoms with Crippen LogP contribution in [0.5, 0.6) is 0 Å². The zero-order valence-corrected chi connectivity index (χ0v) is 20.1. The van der Waals surface area contributed by atoms with Crippen LogP contribution in [-0.4, -0.2) is 52.6 Å². The number of carbonyl (C=O) groups excluding carboxylic acids is 1. The molecule has 11 nitrogen and oxygen atoms in total. The lowest BCUT2D eigenvalue weighted by Gasteiger charge is -2.24. The number of amides is 1. The minimum atomic E-state index is -0.599. The third-order valence-electron chi connectivity index (χ3n) is 6.09. The van der Waals surface area contributed by atoms with E-state index in [4.69, 9.17) is 5.73 Å². The lowest BCUT2D eigenvalue weighted by molar-refractivity contribution is 0.0988. The highest BCUT2D eigenvalue weighted by Gasteiger charge is 2.20. The Morgan fingerprint density at radius 1 is 1.08 bits per heavy atom. The third kappa shape index (κ3) is 4.38. The fraction of sp³-hybridized carbons (Fsp3) is 0.240. The number of rotatable bonds is 9. The molecule has 3 heterocycles. The van der Waals surface area contributed by atoms with Gasteiger partial charge in [0.15, 0.2) is 17.0 Å². The minimum absolute atomic E-state index is 0.159. The Bertz CT molecular complexity index is 1490. The van der Waals surface area contributed by atoms with Crippen molar-refractivity contribution in [1.82, 2.24) is 40.1 Å². The molecule has 2 aromatic carbocycles. The summed E-state index contributed by atoms with van der Waals surface area (Å²) in [7, 11) is 1.73. The van der Waals surface area contributed by atoms with Crippen LogP contribution in [-0.2, 0) is 13.6 Å². The molecular formula is C25H26N10O. The second kappa shape index (κ2) is 9.90. The number of benzene rings is 2. The van der Waals surface area contributed by atoms with Crippen LogP contribution in [0.1, 0.15) is 35.9 Å². The third-order valence-corrected chi connectivity index (χ3v) is 6.09. The molecular weight excluding hydrogens is 456 g/mol. The Hall–Kier alpha value is -4.67. The maximum Gasteiger partial charge on any atom is 0.284 e. The number of hydrogen-bond acceptors (Lipinski definition) is 8. The van der Waals surface area contributed by atoms with Crippen molar-refractivity contribution in [2.45, 2.75) is 26.3 Å². The second-order valence-corrected chi connectivity index (χ2v) is 8.48. The fourth-order valence-corrected chi connectivity index (χ4v) is 4.26. The van der Waals surface area contributed by atoms with Crippen molar-refractivity contribution in [3.63, 3.8) is 0 Å². The summed E-state index contributed by atoms with van der Waals surface area (Å²) in [6, 6.07) is 16.4. The number of aromatic amines is 1. The largest absolute Gasteiger partial charge is 0.363 e. The van der Waals surface area contributed by atoms with E-state index in [1.807, 2.05) is 24.3 Å². The highest BCUT2D eigenvalue weighted by atomic mass is 16.1. The first-order valence-corrected chi connectivity index (χ1v) is 11.7. The standard InChI is InChI=1S/C25H26N10O/c1-3-4-13-35(24-20-23(27-15-28-24)34(2)25(29-20)21(26)36)14-16-9-11-17(12-10-16)18-7-5-6-8-19(18)22-30-32-33-31-22/h5-12,15H,3-4,13-14H2,1-2H3,(H2,26,36)(H,30,31,32,33). The van der Waals surface area contributed by atoms with Crippen molar-refractivity contribution in [2.75, 3.05) is 11.4 Å². The first kappa shape index (κ1) is 23.1. The summed E-state index contributed by atoms with van der Waals surface area (Å²) in [6.45, 7) is 3.56. The molecule has 5 aromatic rings. The summed E-state index contributed by atoms with van der Waals surface area (Å²) >= 11 is 0. The van der Waals surface area contributed by atoms with Crippen LogP contribution in [0.25, 0.3) is 33.7 Å². The van der Waals surface area contributed by atoms with Crippen molar-refractivity contribution in [1.29, 1.82) is 0 Å². The van der Waals surface area contributed by atoms with Gasteiger partial charge < -0.3 is 15.2 Å². The molecule has 0 radical (unpaired) electrons. The van der Waals surface area contributed by atoms with Gasteiger partial charge in [-0.1, -0.05) is 61.9 Å². The zero-order valence-electron chi connectivity index (χ0n) is 20.1. The van der Waals surface area contributed by atoms with Crippen LogP contribution in [0.2, 0.25) is 0 Å². The highest BCUT2D eigenvalue weighted by molar-refractivity contribution is 5.95. The van der Waals surface area contributed by atoms with Gasteiger partial charge in [0, 0.05) is 25.7 Å². The Kier molecular flexibility index (Phi) is 6.35. The number of nitrogens with two attached hydrogens (primary N) is 1. The highest BCUT2D eigenvalue weighted by Crippen LogP contribution is 2.30. The molecule has 0 fully saturated rings. The number of hydrogen-bond donors (Lipinski definition) is 2. The van der Waals surface area contributed by atoms with Gasteiger partial charge in [-0.2, -0.15) is 5.21 Å². The van der Waals surface area contributed by atoms with Crippen molar-refractivity contribution in [3.8, 4) is 22.5 Å². The Morgan fingerprint density at radius 3 is 2.56 bits per heavy atom. The number of nitrogens with one attached hydrogen (secondary N) is 1. The van der Waals surface area contributed by atoms with Crippen LogP contribution >= 0.6 is 0 Å². The van der Waals surface area contributed by atoms with Crippen LogP contribution in [0.4, 0.5) is 5.82 Å². The molecule has 182 valence electrons. The van der Waals surface area contributed by atoms with E-state index in [0.717, 1.165) is 41.6 Å². The molecule has 0 aliphatic rings. The number of primary amides is 1. The van der Waals surface area contributed by atoms with Crippen molar-refractivity contribution < 1.29 is 4.79 Å². The van der Waals surface area contributed by atoms with Gasteiger partial charge in [0.1, 0.15) is 6.33 Å². The summed E-state index contributed by atoms with van der Waals surface area (Å²) < 4.78 is 1.61. The summed E-state index contributed by atoms with van der Waals surface area (Å²) in [5.74, 6) is 0.798. The first-order valence-electron chi connectivity index (χ1n) is 11.7. The number of nitrogens with zero attached hydrogens (tertiary/aromatic N) is 8. The normalized spacial score (nSPS) is 11.2. The molecule has 1 amide bonds. The fourth-order valence-electron chi connectivity index (χ4n) is 4.26. The molecule has 11 heteroatoms. The van der Waals surface area contributed by atoms with E-state index in [0.29, 0.717) is 29.4 Å². The van der Waals surface area contributed by atoms with E-state index >= 15 is 0 Å². The average Bonchev–Trinajstić information content (AvgIpc) is 3.56. The van der Waals surface area contributed by atoms with E-state index in [9.17, 15) is 4.79 Å². The number of H-pyrrole nitrogens is 1. The molecule has 0 unspecified atom stereocenters. The maximum atomic E-state index is 11.8. The van der Waals surface area contributed by atoms with Crippen molar-refractivity contribution in [2.24, 2.45) is 12.8 Å². The maximum absolute atomic E-state index is 11.8. The average molecular weight is 483 g/mol. The minimum Gasteiger partial charge on any atom is -0.363 e. The van der Waals surface area contributed by atoms with Gasteiger partial charge in [-0.05, 0) is 28.3 Å². The summed E-state index contributed by atoms with van der Waals surface area (Å²) in [5.41, 5.74) is 10.8. The van der Waals surface area contributed by atoms with Gasteiger partial charge >= 0.3 is 0 Å². The molecule has 36 heavy (non-hydrogen) atoms. The number of aromatic nitrogens is 8. The predicted molar refractivity (Wildman–Crippen MR) is 136 cm³/mol. The van der Waals surface area contributed by atoms with Crippen molar-refractivity contribution >= 4 is 22.9 Å². The molecule has 0 bridgehead atoms. The summed E-state index contributed by atoms with van der Waals surface area (Å²) in [5, 5.41) is 14.5. The van der Waals surface area contributed by atoms with Gasteiger partial charge in [0.2, 0.25) is 11.6 Å². The topological polar surface area (TPSA) is 144 Å². The SMILES string of the molecule is CCCCN(Cc1ccc(-c2ccccc2-c2nn[nH]n2)cc1)c1ncnc2c1nc(C(N)=O)n2C. The monoisotopic (exact) mass is 482 g/mol. The summed E-state index contributed by atoms with van der Waals surface area (Å²) in [6.07, 6.45) is 3.52. The van der Waals surface area contributed by atoms with Crippen LogP contribution in [0.3, 0.4) is 0 Å². The Morgan fingerprint density at radius 2 is 1.86 bits per heavy atom. The number of unbranched alkanes of at least 4 members (excludes halogenated alkanes) is 1. The quantitative estimate of drug-likeness (QED) is 0.326.